The zero-order valence-corrected chi connectivity index (χ0v) is 11.2. The molecule has 96 valence electrons. The van der Waals surface area contributed by atoms with Gasteiger partial charge in [-0.2, -0.15) is 0 Å². The van der Waals surface area contributed by atoms with Crippen molar-refractivity contribution < 1.29 is 14.2 Å². The Kier molecular flexibility index (Phi) is 4.37. The molecule has 2 N–H and O–H groups in total. The number of ether oxygens (including phenoxy) is 3. The molecular weight excluding hydrogens is 218 g/mol. The van der Waals surface area contributed by atoms with E-state index in [1.54, 1.807) is 21.3 Å². The normalized spacial score (nSPS) is 11.4. The fourth-order valence-corrected chi connectivity index (χ4v) is 1.73. The highest BCUT2D eigenvalue weighted by molar-refractivity contribution is 5.49. The van der Waals surface area contributed by atoms with E-state index in [0.29, 0.717) is 6.61 Å². The van der Waals surface area contributed by atoms with Crippen molar-refractivity contribution >= 4 is 0 Å². The number of methoxy groups -OCH3 is 3. The summed E-state index contributed by atoms with van der Waals surface area (Å²) in [6.07, 6.45) is 0. The van der Waals surface area contributed by atoms with Crippen molar-refractivity contribution in [3.05, 3.63) is 23.3 Å². The minimum atomic E-state index is -0.482. The molecule has 0 amide bonds. The van der Waals surface area contributed by atoms with Gasteiger partial charge in [0.15, 0.2) is 0 Å². The smallest absolute Gasteiger partial charge is 0.124 e. The largest absolute Gasteiger partial charge is 0.496 e. The average Bonchev–Trinajstić information content (AvgIpc) is 2.27. The van der Waals surface area contributed by atoms with Crippen molar-refractivity contribution in [2.24, 2.45) is 5.73 Å². The van der Waals surface area contributed by atoms with Gasteiger partial charge < -0.3 is 19.9 Å². The fourth-order valence-electron chi connectivity index (χ4n) is 1.73. The third-order valence-corrected chi connectivity index (χ3v) is 2.60. The molecule has 0 aliphatic carbocycles. The first kappa shape index (κ1) is 13.8. The molecule has 4 heteroatoms. The summed E-state index contributed by atoms with van der Waals surface area (Å²) in [5.41, 5.74) is 7.49. The van der Waals surface area contributed by atoms with Crippen LogP contribution in [0.15, 0.2) is 12.1 Å². The van der Waals surface area contributed by atoms with Crippen molar-refractivity contribution in [2.75, 3.05) is 21.3 Å². The molecule has 0 aliphatic rings. The van der Waals surface area contributed by atoms with Gasteiger partial charge in [-0.3, -0.25) is 0 Å². The number of rotatable bonds is 5. The molecular formula is C13H21NO3. The zero-order chi connectivity index (χ0) is 13.1. The summed E-state index contributed by atoms with van der Waals surface area (Å²) in [4.78, 5) is 0. The van der Waals surface area contributed by atoms with Crippen LogP contribution in [0.4, 0.5) is 0 Å². The van der Waals surface area contributed by atoms with Gasteiger partial charge in [-0.15, -0.1) is 0 Å². The molecule has 1 aromatic rings. The van der Waals surface area contributed by atoms with Gasteiger partial charge in [0.1, 0.15) is 11.5 Å². The number of hydrogen-bond acceptors (Lipinski definition) is 4. The second-order valence-electron chi connectivity index (χ2n) is 4.52. The highest BCUT2D eigenvalue weighted by Crippen LogP contribution is 2.34. The molecule has 0 atom stereocenters. The quantitative estimate of drug-likeness (QED) is 0.854. The van der Waals surface area contributed by atoms with Crippen LogP contribution in [0.3, 0.4) is 0 Å². The number of benzene rings is 1. The lowest BCUT2D eigenvalue weighted by Crippen LogP contribution is -2.29. The Hall–Kier alpha value is -1.26. The molecule has 0 aliphatic heterocycles. The molecule has 0 unspecified atom stereocenters. The Labute approximate surface area is 103 Å². The van der Waals surface area contributed by atoms with Gasteiger partial charge >= 0.3 is 0 Å². The second kappa shape index (κ2) is 5.38. The number of hydrogen-bond donors (Lipinski definition) is 1. The Bertz CT molecular complexity index is 383. The molecule has 0 heterocycles. The molecule has 0 aromatic heterocycles. The molecule has 0 bridgehead atoms. The molecule has 0 saturated carbocycles. The standard InChI is InChI=1S/C13H21NO3/c1-13(2,14)10-7-11(16-4)9(8-15-3)6-12(10)17-5/h6-7H,8,14H2,1-5H3. The summed E-state index contributed by atoms with van der Waals surface area (Å²) in [6, 6.07) is 3.82. The van der Waals surface area contributed by atoms with Crippen LogP contribution in [0.1, 0.15) is 25.0 Å². The molecule has 0 saturated heterocycles. The highest BCUT2D eigenvalue weighted by Gasteiger charge is 2.22. The van der Waals surface area contributed by atoms with Gasteiger partial charge in [-0.1, -0.05) is 0 Å². The molecule has 0 radical (unpaired) electrons. The van der Waals surface area contributed by atoms with Gasteiger partial charge in [-0.05, 0) is 26.0 Å². The van der Waals surface area contributed by atoms with Crippen molar-refractivity contribution in [1.29, 1.82) is 0 Å². The van der Waals surface area contributed by atoms with E-state index in [2.05, 4.69) is 0 Å². The molecule has 17 heavy (non-hydrogen) atoms. The maximum Gasteiger partial charge on any atom is 0.124 e. The molecule has 1 rings (SSSR count). The van der Waals surface area contributed by atoms with Crippen LogP contribution in [0, 0.1) is 0 Å². The SMILES string of the molecule is COCc1cc(OC)c(C(C)(C)N)cc1OC. The first-order valence-corrected chi connectivity index (χ1v) is 5.47. The zero-order valence-electron chi connectivity index (χ0n) is 11.2. The summed E-state index contributed by atoms with van der Waals surface area (Å²) < 4.78 is 15.8. The van der Waals surface area contributed by atoms with E-state index in [1.165, 1.54) is 0 Å². The van der Waals surface area contributed by atoms with E-state index in [1.807, 2.05) is 26.0 Å². The van der Waals surface area contributed by atoms with E-state index in [0.717, 1.165) is 22.6 Å². The van der Waals surface area contributed by atoms with Gasteiger partial charge in [0.05, 0.1) is 20.8 Å². The summed E-state index contributed by atoms with van der Waals surface area (Å²) in [6.45, 7) is 4.34. The van der Waals surface area contributed by atoms with E-state index in [-0.39, 0.29) is 0 Å². The molecule has 1 aromatic carbocycles. The second-order valence-corrected chi connectivity index (χ2v) is 4.52. The van der Waals surface area contributed by atoms with Crippen LogP contribution in [-0.2, 0) is 16.9 Å². The van der Waals surface area contributed by atoms with Crippen molar-refractivity contribution in [3.63, 3.8) is 0 Å². The predicted octanol–water partition coefficient (Wildman–Crippen LogP) is 2.04. The average molecular weight is 239 g/mol. The van der Waals surface area contributed by atoms with E-state index >= 15 is 0 Å². The molecule has 4 nitrogen and oxygen atoms in total. The third kappa shape index (κ3) is 3.11. The Morgan fingerprint density at radius 1 is 1.06 bits per heavy atom. The van der Waals surface area contributed by atoms with E-state index in [4.69, 9.17) is 19.9 Å². The fraction of sp³-hybridized carbons (Fsp3) is 0.538. The maximum atomic E-state index is 6.11. The lowest BCUT2D eigenvalue weighted by atomic mass is 9.93. The summed E-state index contributed by atoms with van der Waals surface area (Å²) in [7, 11) is 4.91. The molecule has 0 fully saturated rings. The van der Waals surface area contributed by atoms with Crippen LogP contribution in [0.5, 0.6) is 11.5 Å². The first-order chi connectivity index (χ1) is 7.93. The van der Waals surface area contributed by atoms with Crippen LogP contribution < -0.4 is 15.2 Å². The van der Waals surface area contributed by atoms with Crippen molar-refractivity contribution in [2.45, 2.75) is 26.0 Å². The predicted molar refractivity (Wildman–Crippen MR) is 67.5 cm³/mol. The van der Waals surface area contributed by atoms with Crippen LogP contribution in [0.25, 0.3) is 0 Å². The van der Waals surface area contributed by atoms with E-state index in [9.17, 15) is 0 Å². The number of nitrogens with two attached hydrogens (primary N) is 1. The van der Waals surface area contributed by atoms with Crippen LogP contribution in [0.2, 0.25) is 0 Å². The Balaban J connectivity index is 3.33. The summed E-state index contributed by atoms with van der Waals surface area (Å²) in [5.74, 6) is 1.52. The Morgan fingerprint density at radius 3 is 2.06 bits per heavy atom. The first-order valence-electron chi connectivity index (χ1n) is 5.47. The highest BCUT2D eigenvalue weighted by atomic mass is 16.5. The van der Waals surface area contributed by atoms with Crippen LogP contribution in [-0.4, -0.2) is 21.3 Å². The maximum absolute atomic E-state index is 6.11. The minimum Gasteiger partial charge on any atom is -0.496 e. The van der Waals surface area contributed by atoms with Crippen molar-refractivity contribution in [3.8, 4) is 11.5 Å². The topological polar surface area (TPSA) is 53.7 Å². The summed E-state index contributed by atoms with van der Waals surface area (Å²) >= 11 is 0. The summed E-state index contributed by atoms with van der Waals surface area (Å²) in [5, 5.41) is 0. The lowest BCUT2D eigenvalue weighted by Gasteiger charge is -2.24. The van der Waals surface area contributed by atoms with E-state index < -0.39 is 5.54 Å². The molecule has 0 spiro atoms. The van der Waals surface area contributed by atoms with Gasteiger partial charge in [0, 0.05) is 23.8 Å². The minimum absolute atomic E-state index is 0.477. The Morgan fingerprint density at radius 2 is 1.65 bits per heavy atom. The van der Waals surface area contributed by atoms with Gasteiger partial charge in [0.2, 0.25) is 0 Å². The van der Waals surface area contributed by atoms with Crippen molar-refractivity contribution in [1.82, 2.24) is 0 Å². The van der Waals surface area contributed by atoms with Crippen LogP contribution >= 0.6 is 0 Å². The third-order valence-electron chi connectivity index (χ3n) is 2.60. The van der Waals surface area contributed by atoms with Gasteiger partial charge in [-0.25, -0.2) is 0 Å². The van der Waals surface area contributed by atoms with Gasteiger partial charge in [0.25, 0.3) is 0 Å². The monoisotopic (exact) mass is 239 g/mol. The lowest BCUT2D eigenvalue weighted by molar-refractivity contribution is 0.181.